The number of nitrogens with one attached hydrogen (secondary N) is 1. The van der Waals surface area contributed by atoms with E-state index in [1.165, 1.54) is 0 Å². The Morgan fingerprint density at radius 1 is 1.30 bits per heavy atom. The number of nitrogens with zero attached hydrogens (tertiary/aromatic N) is 2. The van der Waals surface area contributed by atoms with Crippen molar-refractivity contribution in [2.24, 2.45) is 5.84 Å². The van der Waals surface area contributed by atoms with Gasteiger partial charge in [-0.15, -0.1) is 11.3 Å². The van der Waals surface area contributed by atoms with Crippen LogP contribution in [-0.2, 0) is 6.61 Å². The van der Waals surface area contributed by atoms with E-state index >= 15 is 0 Å². The van der Waals surface area contributed by atoms with E-state index in [2.05, 4.69) is 15.4 Å². The van der Waals surface area contributed by atoms with Crippen molar-refractivity contribution in [3.8, 4) is 5.75 Å². The molecule has 1 aromatic carbocycles. The first-order chi connectivity index (χ1) is 9.76. The fourth-order valence-corrected chi connectivity index (χ4v) is 2.71. The molecule has 0 fully saturated rings. The molecule has 0 aliphatic rings. The van der Waals surface area contributed by atoms with Crippen LogP contribution in [0.4, 0.5) is 5.82 Å². The molecule has 3 aromatic rings. The Kier molecular flexibility index (Phi) is 3.49. The van der Waals surface area contributed by atoms with Crippen molar-refractivity contribution in [2.45, 2.75) is 13.5 Å². The topological polar surface area (TPSA) is 73.1 Å². The lowest BCUT2D eigenvalue weighted by atomic mass is 10.2. The molecule has 0 bridgehead atoms. The average Bonchev–Trinajstić information content (AvgIpc) is 2.92. The third kappa shape index (κ3) is 2.56. The highest BCUT2D eigenvalue weighted by molar-refractivity contribution is 7.16. The van der Waals surface area contributed by atoms with Crippen LogP contribution < -0.4 is 16.0 Å². The number of nitrogen functional groups attached to an aromatic ring is 1. The van der Waals surface area contributed by atoms with Crippen molar-refractivity contribution in [2.75, 3.05) is 5.43 Å². The number of anilines is 1. The van der Waals surface area contributed by atoms with Gasteiger partial charge < -0.3 is 10.2 Å². The number of fused-ring (bicyclic) bond motifs is 1. The summed E-state index contributed by atoms with van der Waals surface area (Å²) < 4.78 is 5.71. The average molecular weight is 286 g/mol. The van der Waals surface area contributed by atoms with E-state index in [0.717, 1.165) is 21.5 Å². The van der Waals surface area contributed by atoms with Crippen molar-refractivity contribution < 1.29 is 4.74 Å². The van der Waals surface area contributed by atoms with Crippen molar-refractivity contribution in [1.82, 2.24) is 9.97 Å². The number of ether oxygens (including phenoxy) is 1. The van der Waals surface area contributed by atoms with Gasteiger partial charge in [-0.2, -0.15) is 0 Å². The normalized spacial score (nSPS) is 10.7. The lowest BCUT2D eigenvalue weighted by Crippen LogP contribution is -2.11. The molecule has 0 amide bonds. The standard InChI is InChI=1S/C14H14N4OS/c1-9-3-2-4-10(7-9)19-8-12-16-13(18-15)11-5-6-20-14(11)17-12/h2-7H,8,15H2,1H3,(H,16,17,18). The number of thiophene rings is 1. The maximum Gasteiger partial charge on any atom is 0.169 e. The zero-order chi connectivity index (χ0) is 13.9. The molecule has 0 aliphatic carbocycles. The fraction of sp³-hybridized carbons (Fsp3) is 0.143. The molecule has 102 valence electrons. The summed E-state index contributed by atoms with van der Waals surface area (Å²) in [6, 6.07) is 9.82. The monoisotopic (exact) mass is 286 g/mol. The molecule has 5 nitrogen and oxygen atoms in total. The number of hydrogen-bond acceptors (Lipinski definition) is 6. The predicted molar refractivity (Wildman–Crippen MR) is 80.7 cm³/mol. The van der Waals surface area contributed by atoms with Gasteiger partial charge in [0.1, 0.15) is 17.2 Å². The Bertz CT molecular complexity index is 741. The summed E-state index contributed by atoms with van der Waals surface area (Å²) in [6.45, 7) is 2.34. The molecule has 0 unspecified atom stereocenters. The maximum absolute atomic E-state index is 5.71. The molecule has 20 heavy (non-hydrogen) atoms. The largest absolute Gasteiger partial charge is 0.486 e. The molecule has 6 heteroatoms. The minimum atomic E-state index is 0.311. The van der Waals surface area contributed by atoms with Gasteiger partial charge in [0.2, 0.25) is 0 Å². The minimum absolute atomic E-state index is 0.311. The van der Waals surface area contributed by atoms with Gasteiger partial charge in [-0.1, -0.05) is 12.1 Å². The molecule has 3 rings (SSSR count). The molecular weight excluding hydrogens is 272 g/mol. The Labute approximate surface area is 120 Å². The molecule has 0 aliphatic heterocycles. The van der Waals surface area contributed by atoms with Gasteiger partial charge in [0.25, 0.3) is 0 Å². The number of aromatic nitrogens is 2. The summed E-state index contributed by atoms with van der Waals surface area (Å²) >= 11 is 1.55. The highest BCUT2D eigenvalue weighted by atomic mass is 32.1. The lowest BCUT2D eigenvalue weighted by Gasteiger charge is -2.08. The quantitative estimate of drug-likeness (QED) is 0.570. The van der Waals surface area contributed by atoms with Gasteiger partial charge in [-0.05, 0) is 36.1 Å². The Morgan fingerprint density at radius 2 is 2.20 bits per heavy atom. The van der Waals surface area contributed by atoms with Crippen LogP contribution in [0.25, 0.3) is 10.2 Å². The Morgan fingerprint density at radius 3 is 3.00 bits per heavy atom. The molecule has 0 atom stereocenters. The van der Waals surface area contributed by atoms with E-state index in [1.807, 2.05) is 42.6 Å². The van der Waals surface area contributed by atoms with E-state index in [9.17, 15) is 0 Å². The third-order valence-corrected chi connectivity index (χ3v) is 3.67. The molecule has 0 radical (unpaired) electrons. The van der Waals surface area contributed by atoms with Crippen molar-refractivity contribution in [3.63, 3.8) is 0 Å². The van der Waals surface area contributed by atoms with Crippen LogP contribution in [0, 0.1) is 6.92 Å². The first-order valence-electron chi connectivity index (χ1n) is 6.16. The second-order valence-electron chi connectivity index (χ2n) is 4.38. The number of aryl methyl sites for hydroxylation is 1. The molecule has 0 saturated carbocycles. The summed E-state index contributed by atoms with van der Waals surface area (Å²) in [5.74, 6) is 7.53. The van der Waals surface area contributed by atoms with Gasteiger partial charge in [-0.25, -0.2) is 15.8 Å². The second-order valence-corrected chi connectivity index (χ2v) is 5.27. The predicted octanol–water partition coefficient (Wildman–Crippen LogP) is 2.86. The van der Waals surface area contributed by atoms with E-state index in [1.54, 1.807) is 11.3 Å². The number of hydrazine groups is 1. The zero-order valence-corrected chi connectivity index (χ0v) is 11.8. The van der Waals surface area contributed by atoms with Crippen molar-refractivity contribution in [1.29, 1.82) is 0 Å². The van der Waals surface area contributed by atoms with Crippen LogP contribution in [-0.4, -0.2) is 9.97 Å². The van der Waals surface area contributed by atoms with E-state index in [0.29, 0.717) is 18.2 Å². The van der Waals surface area contributed by atoms with Gasteiger partial charge >= 0.3 is 0 Å². The van der Waals surface area contributed by atoms with E-state index in [-0.39, 0.29) is 0 Å². The summed E-state index contributed by atoms with van der Waals surface area (Å²) in [4.78, 5) is 9.73. The Balaban J connectivity index is 1.83. The number of nitrogens with two attached hydrogens (primary N) is 1. The molecule has 0 spiro atoms. The fourth-order valence-electron chi connectivity index (χ4n) is 1.93. The van der Waals surface area contributed by atoms with Gasteiger partial charge in [0, 0.05) is 0 Å². The number of hydrogen-bond donors (Lipinski definition) is 2. The SMILES string of the molecule is Cc1cccc(OCc2nc(NN)c3ccsc3n2)c1. The first kappa shape index (κ1) is 12.8. The summed E-state index contributed by atoms with van der Waals surface area (Å²) in [5.41, 5.74) is 3.76. The highest BCUT2D eigenvalue weighted by Gasteiger charge is 2.08. The first-order valence-corrected chi connectivity index (χ1v) is 7.04. The summed E-state index contributed by atoms with van der Waals surface area (Å²) in [7, 11) is 0. The van der Waals surface area contributed by atoms with E-state index < -0.39 is 0 Å². The highest BCUT2D eigenvalue weighted by Crippen LogP contribution is 2.24. The van der Waals surface area contributed by atoms with Crippen LogP contribution in [0.1, 0.15) is 11.4 Å². The van der Waals surface area contributed by atoms with Gasteiger partial charge in [0.05, 0.1) is 5.39 Å². The summed E-state index contributed by atoms with van der Waals surface area (Å²) in [6.07, 6.45) is 0. The van der Waals surface area contributed by atoms with E-state index in [4.69, 9.17) is 10.6 Å². The van der Waals surface area contributed by atoms with Crippen LogP contribution in [0.15, 0.2) is 35.7 Å². The molecule has 3 N–H and O–H groups in total. The van der Waals surface area contributed by atoms with Crippen LogP contribution in [0.2, 0.25) is 0 Å². The van der Waals surface area contributed by atoms with Crippen LogP contribution in [0.3, 0.4) is 0 Å². The van der Waals surface area contributed by atoms with Crippen LogP contribution >= 0.6 is 11.3 Å². The lowest BCUT2D eigenvalue weighted by molar-refractivity contribution is 0.296. The van der Waals surface area contributed by atoms with Crippen molar-refractivity contribution >= 4 is 27.4 Å². The number of benzene rings is 1. The smallest absolute Gasteiger partial charge is 0.169 e. The molecule has 0 saturated heterocycles. The Hall–Kier alpha value is -2.18. The van der Waals surface area contributed by atoms with Gasteiger partial charge in [0.15, 0.2) is 11.6 Å². The van der Waals surface area contributed by atoms with Crippen molar-refractivity contribution in [3.05, 3.63) is 47.1 Å². The molecule has 2 heterocycles. The van der Waals surface area contributed by atoms with Gasteiger partial charge in [-0.3, -0.25) is 0 Å². The maximum atomic E-state index is 5.71. The minimum Gasteiger partial charge on any atom is -0.486 e. The third-order valence-electron chi connectivity index (χ3n) is 2.87. The molecular formula is C14H14N4OS. The zero-order valence-electron chi connectivity index (χ0n) is 11.0. The van der Waals surface area contributed by atoms with Crippen LogP contribution in [0.5, 0.6) is 5.75 Å². The molecule has 2 aromatic heterocycles. The second kappa shape index (κ2) is 5.44. The summed E-state index contributed by atoms with van der Waals surface area (Å²) in [5, 5.41) is 2.89. The number of rotatable bonds is 4.